The van der Waals surface area contributed by atoms with Gasteiger partial charge < -0.3 is 244 Å². The van der Waals surface area contributed by atoms with Gasteiger partial charge in [-0.15, -0.1) is 0 Å². The van der Waals surface area contributed by atoms with E-state index in [1.54, 1.807) is 105 Å². The third-order valence-corrected chi connectivity index (χ3v) is 15.6. The maximum absolute atomic E-state index is 10.0. The Hall–Kier alpha value is -16.2. The van der Waals surface area contributed by atoms with Crippen molar-refractivity contribution in [1.29, 1.82) is 0 Å². The number of hydrogen-bond donors (Lipinski definition) is 16. The quantitative estimate of drug-likeness (QED) is 0.0113. The van der Waals surface area contributed by atoms with Gasteiger partial charge in [0.2, 0.25) is 0 Å². The van der Waals surface area contributed by atoms with Crippen molar-refractivity contribution in [2.45, 2.75) is 52.4 Å². The Balaban J connectivity index is -0.000000716. The smallest absolute Gasteiger partial charge is 0.166 e. The van der Waals surface area contributed by atoms with Gasteiger partial charge in [0.15, 0.2) is 92.0 Å². The lowest BCUT2D eigenvalue weighted by Crippen LogP contribution is -2.93. The molecule has 0 atom stereocenters. The van der Waals surface area contributed by atoms with Crippen molar-refractivity contribution in [1.82, 2.24) is 0 Å². The molecular weight excluding hydrogens is 1730 g/mol. The number of rotatable bonds is 36. The minimum absolute atomic E-state index is 0.210. The molecule has 8 rings (SSSR count). The predicted octanol–water partition coefficient (Wildman–Crippen LogP) is -2.14. The molecule has 0 radical (unpaired) electrons. The highest BCUT2D eigenvalue weighted by molar-refractivity contribution is 5.50. The van der Waals surface area contributed by atoms with E-state index in [9.17, 15) is 40.9 Å². The van der Waals surface area contributed by atoms with Crippen LogP contribution in [0.2, 0.25) is 0 Å². The fourth-order valence-electron chi connectivity index (χ4n) is 10.2. The Morgan fingerprint density at radius 2 is 0.266 bits per heavy atom. The van der Waals surface area contributed by atoms with E-state index in [4.69, 9.17) is 160 Å². The van der Waals surface area contributed by atoms with Crippen LogP contribution < -0.4 is 80.4 Å². The van der Waals surface area contributed by atoms with Crippen LogP contribution in [0.25, 0.3) is 0 Å². The molecule has 0 fully saturated rings. The zero-order chi connectivity index (χ0) is 98.1. The molecule has 0 aliphatic rings. The summed E-state index contributed by atoms with van der Waals surface area (Å²) in [4.78, 5) is 66.0. The molecule has 24 N–H and O–H groups in total. The fourth-order valence-corrected chi connectivity index (χ4v) is 10.2. The van der Waals surface area contributed by atoms with Gasteiger partial charge in [-0.05, 0) is 97.1 Å². The number of aromatic hydroxyl groups is 8. The average Bonchev–Trinajstić information content (AvgIpc) is 0.842. The lowest BCUT2D eigenvalue weighted by Gasteiger charge is -2.09. The van der Waals surface area contributed by atoms with Crippen LogP contribution in [0, 0.1) is 123 Å². The van der Waals surface area contributed by atoms with E-state index in [0.29, 0.717) is 98.4 Å². The van der Waals surface area contributed by atoms with E-state index < -0.39 is 40.7 Å². The molecule has 0 aromatic heterocycles. The van der Waals surface area contributed by atoms with Gasteiger partial charge in [0.1, 0.15) is 105 Å². The first kappa shape index (κ1) is 118. The number of nitrogens with two attached hydrogens (primary N) is 8. The molecular formula is C72H104N16O40. The highest BCUT2D eigenvalue weighted by atomic mass is 16.9. The summed E-state index contributed by atoms with van der Waals surface area (Å²) >= 11 is 0. The third kappa shape index (κ3) is 59.5. The van der Waals surface area contributed by atoms with Crippen LogP contribution in [-0.2, 0) is 52.4 Å². The Morgan fingerprint density at radius 3 is 0.336 bits per heavy atom. The molecule has 56 heteroatoms. The fraction of sp³-hybridized carbons (Fsp3) is 0.333. The van der Waals surface area contributed by atoms with Crippen molar-refractivity contribution in [2.75, 3.05) is 109 Å². The lowest BCUT2D eigenvalue weighted by atomic mass is 10.2. The first-order valence-electron chi connectivity index (χ1n) is 36.4. The topological polar surface area (TPSA) is 898 Å². The number of para-hydroxylation sites is 8. The zero-order valence-corrected chi connectivity index (χ0v) is 70.0. The van der Waals surface area contributed by atoms with Gasteiger partial charge in [-0.3, -0.25) is 0 Å². The van der Waals surface area contributed by atoms with Crippen molar-refractivity contribution >= 4 is 0 Å². The summed E-state index contributed by atoms with van der Waals surface area (Å²) in [6.45, 7) is 12.8. The molecule has 8 aromatic rings. The maximum Gasteiger partial charge on any atom is 0.166 e. The predicted molar refractivity (Wildman–Crippen MR) is 444 cm³/mol. The van der Waals surface area contributed by atoms with Crippen molar-refractivity contribution in [3.8, 4) is 92.0 Å². The van der Waals surface area contributed by atoms with E-state index in [-0.39, 0.29) is 46.0 Å². The molecule has 128 heavy (non-hydrogen) atoms. The van der Waals surface area contributed by atoms with E-state index in [2.05, 4.69) is 42.5 Å². The van der Waals surface area contributed by atoms with Gasteiger partial charge in [-0.1, -0.05) is 48.5 Å². The maximum atomic E-state index is 10.0. The summed E-state index contributed by atoms with van der Waals surface area (Å²) in [5, 5.41) is 215. The Labute approximate surface area is 726 Å². The number of nitrogens with zero attached hydrogens (tertiary/aromatic N) is 8. The largest absolute Gasteiger partial charge is 0.504 e. The monoisotopic (exact) mass is 1830 g/mol. The van der Waals surface area contributed by atoms with Crippen LogP contribution in [0.4, 0.5) is 0 Å². The van der Waals surface area contributed by atoms with Crippen molar-refractivity contribution < 1.29 is 162 Å². The van der Waals surface area contributed by atoms with E-state index in [1.165, 1.54) is 0 Å². The second-order valence-corrected chi connectivity index (χ2v) is 23.8. The minimum atomic E-state index is -1.75. The molecule has 0 aliphatic heterocycles. The zero-order valence-electron chi connectivity index (χ0n) is 70.0. The van der Waals surface area contributed by atoms with E-state index in [1.807, 2.05) is 97.1 Å². The summed E-state index contributed by atoms with van der Waals surface area (Å²) in [6.07, 6.45) is 0. The molecule has 8 aromatic carbocycles. The summed E-state index contributed by atoms with van der Waals surface area (Å²) in [7, 11) is 12.4. The van der Waals surface area contributed by atoms with Crippen LogP contribution in [0.1, 0.15) is 44.5 Å². The van der Waals surface area contributed by atoms with E-state index >= 15 is 0 Å². The van der Waals surface area contributed by atoms with Gasteiger partial charge in [0.05, 0.1) is 142 Å². The standard InChI is InChI=1S/4C18H24N2O4.8NO3/c4*1-23-15-7-3-5-13(17(15)21)11-19-9-10-20-12-14-6-4-8-16(24-2)18(14)22;8*2-1(3)4/h4*3-8,19-22H,9-12H2,1-2H3;;;;;;;;/q;;;;8*-1/p+8. The second kappa shape index (κ2) is 72.5. The first-order valence-corrected chi connectivity index (χ1v) is 36.4. The number of methoxy groups -OCH3 is 8. The highest BCUT2D eigenvalue weighted by Crippen LogP contribution is 2.34. The summed E-state index contributed by atoms with van der Waals surface area (Å²) in [5.41, 5.74) is 6.89. The van der Waals surface area contributed by atoms with Crippen LogP contribution in [0.3, 0.4) is 0 Å². The van der Waals surface area contributed by atoms with Gasteiger partial charge in [0, 0.05) is 0 Å². The van der Waals surface area contributed by atoms with E-state index in [0.717, 1.165) is 96.9 Å². The van der Waals surface area contributed by atoms with Crippen LogP contribution in [-0.4, -0.2) is 191 Å². The number of benzene rings is 8. The minimum Gasteiger partial charge on any atom is -0.504 e. The molecule has 0 amide bonds. The molecule has 0 aliphatic carbocycles. The van der Waals surface area contributed by atoms with Crippen molar-refractivity contribution in [3.63, 3.8) is 0 Å². The van der Waals surface area contributed by atoms with Crippen LogP contribution in [0.5, 0.6) is 92.0 Å². The Kier molecular flexibility index (Phi) is 66.9. The SMILES string of the molecule is COc1cccc(C[NH2+]CC[NH2+]Cc2cccc(OC)c2O)c1O.COc1cccc(C[NH2+]CC[NH2+]Cc2cccc(OC)c2O)c1O.COc1cccc(C[NH2+]CC[NH2+]Cc2cccc(OC)c2O)c1O.COc1cccc(C[NH2+]CC[NH2+]Cc2cccc(OC)c2O)c1O.O=[N+]([O-])[O-].O=[N+]([O-])[O-].O=[N+]([O-])[O-].O=[N+]([O-])[O-].O=[N+]([O-])[O-].O=[N+]([O-])[O-].O=[N+]([O-])[O-].O=[N+]([O-])[O-]. The number of phenolic OH excluding ortho intramolecular Hbond substituents is 8. The molecule has 0 saturated carbocycles. The third-order valence-electron chi connectivity index (χ3n) is 15.6. The molecule has 712 valence electrons. The summed E-state index contributed by atoms with van der Waals surface area (Å²) in [5.74, 6) is 5.69. The molecule has 0 unspecified atom stereocenters. The summed E-state index contributed by atoms with van der Waals surface area (Å²) < 4.78 is 40.8. The molecule has 0 saturated heterocycles. The van der Waals surface area contributed by atoms with Gasteiger partial charge in [-0.25, -0.2) is 0 Å². The van der Waals surface area contributed by atoms with Crippen LogP contribution in [0.15, 0.2) is 146 Å². The normalized spacial score (nSPS) is 9.44. The van der Waals surface area contributed by atoms with Crippen molar-refractivity contribution in [3.05, 3.63) is 313 Å². The Morgan fingerprint density at radius 1 is 0.188 bits per heavy atom. The molecule has 56 nitrogen and oxygen atoms in total. The van der Waals surface area contributed by atoms with Crippen LogP contribution >= 0.6 is 0 Å². The lowest BCUT2D eigenvalue weighted by molar-refractivity contribution is -0.738. The number of phenols is 8. The number of ether oxygens (including phenoxy) is 8. The number of hydrogen-bond acceptors (Lipinski definition) is 40. The van der Waals surface area contributed by atoms with Gasteiger partial charge >= 0.3 is 0 Å². The summed E-state index contributed by atoms with van der Waals surface area (Å²) in [6, 6.07) is 44.1. The number of quaternary nitrogens is 8. The van der Waals surface area contributed by atoms with Gasteiger partial charge in [-0.2, -0.15) is 0 Å². The molecule has 0 bridgehead atoms. The van der Waals surface area contributed by atoms with Crippen molar-refractivity contribution in [2.24, 2.45) is 0 Å². The molecule has 0 heterocycles. The second-order valence-electron chi connectivity index (χ2n) is 23.8. The first-order chi connectivity index (χ1) is 60.5. The van der Waals surface area contributed by atoms with Gasteiger partial charge in [0.25, 0.3) is 0 Å². The average molecular weight is 1830 g/mol. The Bertz CT molecular complexity index is 3650. The molecule has 0 spiro atoms. The highest BCUT2D eigenvalue weighted by Gasteiger charge is 2.16.